The Hall–Kier alpha value is -4.26. The highest BCUT2D eigenvalue weighted by atomic mass is 32.1. The summed E-state index contributed by atoms with van der Waals surface area (Å²) < 4.78 is 4.97. The Labute approximate surface area is 239 Å². The Bertz CT molecular complexity index is 2050. The van der Waals surface area contributed by atoms with Crippen LogP contribution in [0, 0.1) is 13.8 Å². The lowest BCUT2D eigenvalue weighted by atomic mass is 10.1. The lowest BCUT2D eigenvalue weighted by Crippen LogP contribution is -2.08. The number of fused-ring (bicyclic) bond motifs is 6. The van der Waals surface area contributed by atoms with Crippen molar-refractivity contribution in [3.63, 3.8) is 0 Å². The fourth-order valence-electron chi connectivity index (χ4n) is 6.32. The average molecular weight is 555 g/mol. The van der Waals surface area contributed by atoms with Crippen LogP contribution in [0.15, 0.2) is 96.0 Å². The zero-order valence-electron chi connectivity index (χ0n) is 22.3. The van der Waals surface area contributed by atoms with E-state index in [9.17, 15) is 0 Å². The highest BCUT2D eigenvalue weighted by Crippen LogP contribution is 2.39. The third-order valence-corrected chi connectivity index (χ3v) is 9.82. The van der Waals surface area contributed by atoms with Gasteiger partial charge in [-0.3, -0.25) is 9.97 Å². The van der Waals surface area contributed by atoms with E-state index in [1.807, 2.05) is 12.4 Å². The number of aromatic nitrogens is 4. The SMILES string of the molecule is Cc1sccc1-c1nccc2c3ccccc3n(CCn3c4ccccc4c4ccnc(-c5ccsc5C)c43)c12. The van der Waals surface area contributed by atoms with Crippen molar-refractivity contribution in [3.05, 3.63) is 106 Å². The third-order valence-electron chi connectivity index (χ3n) is 8.13. The fraction of sp³-hybridized carbons (Fsp3) is 0.118. The Kier molecular flexibility index (Phi) is 5.40. The molecule has 0 fully saturated rings. The van der Waals surface area contributed by atoms with Crippen LogP contribution in [0.25, 0.3) is 66.1 Å². The van der Waals surface area contributed by atoms with E-state index in [-0.39, 0.29) is 0 Å². The smallest absolute Gasteiger partial charge is 0.0956 e. The van der Waals surface area contributed by atoms with Gasteiger partial charge in [0.15, 0.2) is 0 Å². The summed E-state index contributed by atoms with van der Waals surface area (Å²) >= 11 is 3.55. The second-order valence-corrected chi connectivity index (χ2v) is 12.5. The van der Waals surface area contributed by atoms with Crippen LogP contribution in [-0.2, 0) is 13.1 Å². The molecule has 8 aromatic rings. The van der Waals surface area contributed by atoms with Gasteiger partial charge in [-0.1, -0.05) is 36.4 Å². The van der Waals surface area contributed by atoms with Crippen LogP contribution in [-0.4, -0.2) is 19.1 Å². The quantitative estimate of drug-likeness (QED) is 0.212. The number of aryl methyl sites for hydroxylation is 4. The standard InChI is InChI=1S/C34H26N4S2/c1-21-23(13-19-39-21)31-33-27(11-15-35-31)25-7-3-5-9-29(25)37(33)17-18-38-30-10-6-4-8-26(30)28-12-16-36-32(34(28)38)24-14-20-40-22(24)2/h3-16,19-20H,17-18H2,1-2H3. The second-order valence-electron chi connectivity index (χ2n) is 10.2. The molecule has 40 heavy (non-hydrogen) atoms. The molecule has 0 saturated carbocycles. The molecule has 6 aromatic heterocycles. The van der Waals surface area contributed by atoms with Gasteiger partial charge < -0.3 is 9.13 Å². The van der Waals surface area contributed by atoms with Gasteiger partial charge in [0.1, 0.15) is 0 Å². The van der Waals surface area contributed by atoms with E-state index in [0.29, 0.717) is 0 Å². The van der Waals surface area contributed by atoms with E-state index in [1.54, 1.807) is 22.7 Å². The summed E-state index contributed by atoms with van der Waals surface area (Å²) in [6.07, 6.45) is 3.92. The first-order valence-electron chi connectivity index (χ1n) is 13.5. The molecule has 194 valence electrons. The minimum atomic E-state index is 0.816. The fourth-order valence-corrected chi connectivity index (χ4v) is 7.72. The summed E-state index contributed by atoms with van der Waals surface area (Å²) in [5.41, 5.74) is 9.46. The molecule has 8 rings (SSSR count). The molecule has 0 N–H and O–H groups in total. The van der Waals surface area contributed by atoms with Crippen molar-refractivity contribution in [2.45, 2.75) is 26.9 Å². The summed E-state index contributed by atoms with van der Waals surface area (Å²) in [5, 5.41) is 9.38. The molecule has 6 heteroatoms. The van der Waals surface area contributed by atoms with Crippen molar-refractivity contribution in [1.29, 1.82) is 0 Å². The molecule has 0 unspecified atom stereocenters. The van der Waals surface area contributed by atoms with Crippen molar-refractivity contribution < 1.29 is 0 Å². The number of benzene rings is 2. The molecule has 0 amide bonds. The predicted octanol–water partition coefficient (Wildman–Crippen LogP) is 9.47. The first kappa shape index (κ1) is 23.6. The molecule has 0 atom stereocenters. The van der Waals surface area contributed by atoms with Gasteiger partial charge >= 0.3 is 0 Å². The summed E-state index contributed by atoms with van der Waals surface area (Å²) in [5.74, 6) is 0. The summed E-state index contributed by atoms with van der Waals surface area (Å²) in [4.78, 5) is 12.5. The van der Waals surface area contributed by atoms with E-state index in [1.165, 1.54) is 64.5 Å². The highest BCUT2D eigenvalue weighted by molar-refractivity contribution is 7.10. The molecular formula is C34H26N4S2. The Morgan fingerprint density at radius 1 is 0.550 bits per heavy atom. The molecule has 4 nitrogen and oxygen atoms in total. The Morgan fingerprint density at radius 2 is 1.00 bits per heavy atom. The first-order chi connectivity index (χ1) is 19.7. The maximum absolute atomic E-state index is 4.94. The maximum Gasteiger partial charge on any atom is 0.0956 e. The number of thiophene rings is 2. The van der Waals surface area contributed by atoms with Gasteiger partial charge in [-0.25, -0.2) is 0 Å². The number of rotatable bonds is 5. The van der Waals surface area contributed by atoms with Crippen LogP contribution < -0.4 is 0 Å². The molecular weight excluding hydrogens is 529 g/mol. The van der Waals surface area contributed by atoms with Crippen molar-refractivity contribution in [1.82, 2.24) is 19.1 Å². The molecule has 6 heterocycles. The van der Waals surface area contributed by atoms with E-state index < -0.39 is 0 Å². The van der Waals surface area contributed by atoms with Crippen molar-refractivity contribution in [2.75, 3.05) is 0 Å². The third kappa shape index (κ3) is 3.43. The summed E-state index contributed by atoms with van der Waals surface area (Å²) in [6, 6.07) is 26.3. The molecule has 0 aliphatic rings. The highest BCUT2D eigenvalue weighted by Gasteiger charge is 2.20. The van der Waals surface area contributed by atoms with Crippen molar-refractivity contribution in [2.24, 2.45) is 0 Å². The summed E-state index contributed by atoms with van der Waals surface area (Å²) in [6.45, 7) is 6.01. The zero-order chi connectivity index (χ0) is 26.8. The van der Waals surface area contributed by atoms with E-state index in [4.69, 9.17) is 9.97 Å². The molecule has 0 spiro atoms. The second kappa shape index (κ2) is 9.15. The topological polar surface area (TPSA) is 35.6 Å². The molecule has 0 bridgehead atoms. The number of hydrogen-bond acceptors (Lipinski definition) is 4. The lowest BCUT2D eigenvalue weighted by Gasteiger charge is -2.14. The van der Waals surface area contributed by atoms with Gasteiger partial charge in [-0.15, -0.1) is 22.7 Å². The molecule has 0 aliphatic carbocycles. The van der Waals surface area contributed by atoms with Crippen LogP contribution in [0.4, 0.5) is 0 Å². The molecule has 2 aromatic carbocycles. The van der Waals surface area contributed by atoms with Gasteiger partial charge in [0, 0.05) is 78.9 Å². The Morgan fingerprint density at radius 3 is 1.43 bits per heavy atom. The summed E-state index contributed by atoms with van der Waals surface area (Å²) in [7, 11) is 0. The molecule has 0 saturated heterocycles. The van der Waals surface area contributed by atoms with Crippen molar-refractivity contribution in [3.8, 4) is 22.5 Å². The first-order valence-corrected chi connectivity index (χ1v) is 15.3. The zero-order valence-corrected chi connectivity index (χ0v) is 23.9. The minimum absolute atomic E-state index is 0.816. The predicted molar refractivity (Wildman–Crippen MR) is 171 cm³/mol. The number of hydrogen-bond donors (Lipinski definition) is 0. The number of para-hydroxylation sites is 2. The van der Waals surface area contributed by atoms with Crippen LogP contribution in [0.5, 0.6) is 0 Å². The van der Waals surface area contributed by atoms with Crippen molar-refractivity contribution >= 4 is 66.3 Å². The number of pyridine rings is 2. The van der Waals surface area contributed by atoms with Gasteiger partial charge in [-0.2, -0.15) is 0 Å². The largest absolute Gasteiger partial charge is 0.337 e. The maximum atomic E-state index is 4.94. The minimum Gasteiger partial charge on any atom is -0.337 e. The number of nitrogens with zero attached hydrogens (tertiary/aromatic N) is 4. The van der Waals surface area contributed by atoms with E-state index in [2.05, 4.69) is 107 Å². The van der Waals surface area contributed by atoms with Gasteiger partial charge in [0.05, 0.1) is 22.4 Å². The normalized spacial score (nSPS) is 11.9. The Balaban J connectivity index is 1.37. The van der Waals surface area contributed by atoms with Crippen LogP contribution in [0.3, 0.4) is 0 Å². The monoisotopic (exact) mass is 554 g/mol. The molecule has 0 aliphatic heterocycles. The van der Waals surface area contributed by atoms with Gasteiger partial charge in [0.25, 0.3) is 0 Å². The van der Waals surface area contributed by atoms with Gasteiger partial charge in [0.2, 0.25) is 0 Å². The lowest BCUT2D eigenvalue weighted by molar-refractivity contribution is 0.631. The van der Waals surface area contributed by atoms with Crippen LogP contribution in [0.1, 0.15) is 9.75 Å². The van der Waals surface area contributed by atoms with Crippen LogP contribution in [0.2, 0.25) is 0 Å². The van der Waals surface area contributed by atoms with Gasteiger partial charge in [-0.05, 0) is 61.0 Å². The molecule has 0 radical (unpaired) electrons. The van der Waals surface area contributed by atoms with E-state index >= 15 is 0 Å². The van der Waals surface area contributed by atoms with Crippen LogP contribution >= 0.6 is 22.7 Å². The average Bonchev–Trinajstić information content (AvgIpc) is 3.76. The van der Waals surface area contributed by atoms with E-state index in [0.717, 1.165) is 24.5 Å².